The number of fused-ring (bicyclic) bond motifs is 1. The Labute approximate surface area is 239 Å². The van der Waals surface area contributed by atoms with Crippen LogP contribution in [-0.4, -0.2) is 41.5 Å². The summed E-state index contributed by atoms with van der Waals surface area (Å²) in [5.41, 5.74) is 5.24. The van der Waals surface area contributed by atoms with Crippen LogP contribution in [0.15, 0.2) is 103 Å². The predicted octanol–water partition coefficient (Wildman–Crippen LogP) is 5.66. The van der Waals surface area contributed by atoms with Gasteiger partial charge >= 0.3 is 0 Å². The molecule has 4 aromatic carbocycles. The lowest BCUT2D eigenvalue weighted by Gasteiger charge is -2.38. The Morgan fingerprint density at radius 2 is 1.37 bits per heavy atom. The van der Waals surface area contributed by atoms with Crippen LogP contribution in [-0.2, 0) is 22.6 Å². The monoisotopic (exact) mass is 548 g/mol. The van der Waals surface area contributed by atoms with E-state index in [-0.39, 0.29) is 30.6 Å². The van der Waals surface area contributed by atoms with Gasteiger partial charge in [-0.15, -0.1) is 0 Å². The molecule has 2 amide bonds. The molecule has 0 bridgehead atoms. The molecule has 4 aromatic rings. The number of carbonyl (C=O) groups excluding carboxylic acids is 2. The second-order valence-electron chi connectivity index (χ2n) is 10.6. The van der Waals surface area contributed by atoms with E-state index in [4.69, 9.17) is 9.47 Å². The van der Waals surface area contributed by atoms with Crippen LogP contribution in [0.4, 0.5) is 5.69 Å². The summed E-state index contributed by atoms with van der Waals surface area (Å²) < 4.78 is 13.0. The molecule has 0 aliphatic carbocycles. The van der Waals surface area contributed by atoms with E-state index < -0.39 is 6.29 Å². The topological polar surface area (TPSA) is 79.3 Å². The van der Waals surface area contributed by atoms with E-state index in [2.05, 4.69) is 24.1 Å². The summed E-state index contributed by atoms with van der Waals surface area (Å²) in [6.45, 7) is 1.51. The lowest BCUT2D eigenvalue weighted by atomic mass is 9.99. The highest BCUT2D eigenvalue weighted by Gasteiger charge is 2.37. The molecule has 1 N–H and O–H groups in total. The van der Waals surface area contributed by atoms with E-state index in [0.717, 1.165) is 23.2 Å². The number of carbonyl (C=O) groups is 2. The zero-order valence-corrected chi connectivity index (χ0v) is 22.9. The fraction of sp³-hybridized carbons (Fsp3) is 0.235. The van der Waals surface area contributed by atoms with Crippen molar-refractivity contribution in [2.75, 3.05) is 18.5 Å². The van der Waals surface area contributed by atoms with Crippen LogP contribution >= 0.6 is 0 Å². The SMILES string of the molecule is CN(Cc1ccccc1)C[C@H]1C[C@@H](c2ccc(CO)cc2)O[C@@H](c2ccc(N3C(=O)c4ccccc4C3=O)cc2)O1. The molecule has 41 heavy (non-hydrogen) atoms. The van der Waals surface area contributed by atoms with Gasteiger partial charge < -0.3 is 14.6 Å². The second-order valence-corrected chi connectivity index (χ2v) is 10.6. The van der Waals surface area contributed by atoms with Crippen molar-refractivity contribution in [2.45, 2.75) is 38.1 Å². The van der Waals surface area contributed by atoms with Crippen LogP contribution in [0.3, 0.4) is 0 Å². The molecule has 1 fully saturated rings. The molecular formula is C34H32N2O5. The average molecular weight is 549 g/mol. The Balaban J connectivity index is 1.22. The maximum absolute atomic E-state index is 13.0. The quantitative estimate of drug-likeness (QED) is 0.287. The molecule has 2 aliphatic rings. The molecule has 0 aromatic heterocycles. The van der Waals surface area contributed by atoms with Gasteiger partial charge in [-0.3, -0.25) is 14.5 Å². The van der Waals surface area contributed by atoms with Gasteiger partial charge in [0.15, 0.2) is 6.29 Å². The molecule has 2 aliphatic heterocycles. The number of rotatable bonds is 8. The fourth-order valence-electron chi connectivity index (χ4n) is 5.54. The number of aliphatic hydroxyl groups is 1. The molecule has 0 unspecified atom stereocenters. The first-order valence-electron chi connectivity index (χ1n) is 13.8. The number of hydrogen-bond acceptors (Lipinski definition) is 6. The van der Waals surface area contributed by atoms with Crippen LogP contribution in [0.25, 0.3) is 0 Å². The Hall–Kier alpha value is -4.14. The molecule has 0 saturated carbocycles. The van der Waals surface area contributed by atoms with Crippen LogP contribution in [0.1, 0.15) is 61.8 Å². The number of anilines is 1. The van der Waals surface area contributed by atoms with Crippen molar-refractivity contribution in [3.8, 4) is 0 Å². The minimum Gasteiger partial charge on any atom is -0.392 e. The first kappa shape index (κ1) is 27.1. The highest BCUT2D eigenvalue weighted by molar-refractivity contribution is 6.34. The van der Waals surface area contributed by atoms with Crippen LogP contribution < -0.4 is 4.90 Å². The van der Waals surface area contributed by atoms with E-state index >= 15 is 0 Å². The van der Waals surface area contributed by atoms with Crippen LogP contribution in [0.2, 0.25) is 0 Å². The van der Waals surface area contributed by atoms with Crippen molar-refractivity contribution in [3.05, 3.63) is 137 Å². The third-order valence-corrected chi connectivity index (χ3v) is 7.64. The van der Waals surface area contributed by atoms with Gasteiger partial charge in [0.2, 0.25) is 0 Å². The van der Waals surface area contributed by atoms with E-state index in [1.807, 2.05) is 54.6 Å². The first-order chi connectivity index (χ1) is 20.0. The molecule has 6 rings (SSSR count). The number of imide groups is 1. The van der Waals surface area contributed by atoms with E-state index in [9.17, 15) is 14.7 Å². The Kier molecular flexibility index (Phi) is 7.76. The van der Waals surface area contributed by atoms with Crippen molar-refractivity contribution in [2.24, 2.45) is 0 Å². The Morgan fingerprint density at radius 3 is 2.00 bits per heavy atom. The van der Waals surface area contributed by atoms with E-state index in [0.29, 0.717) is 29.8 Å². The van der Waals surface area contributed by atoms with Gasteiger partial charge in [-0.25, -0.2) is 4.90 Å². The zero-order valence-electron chi connectivity index (χ0n) is 22.9. The normalized spacial score (nSPS) is 20.5. The lowest BCUT2D eigenvalue weighted by molar-refractivity contribution is -0.252. The second kappa shape index (κ2) is 11.8. The van der Waals surface area contributed by atoms with Crippen molar-refractivity contribution >= 4 is 17.5 Å². The van der Waals surface area contributed by atoms with Crippen molar-refractivity contribution < 1.29 is 24.2 Å². The van der Waals surface area contributed by atoms with Gasteiger partial charge in [0.05, 0.1) is 35.6 Å². The number of likely N-dealkylation sites (N-methyl/N-ethyl adjacent to an activating group) is 1. The van der Waals surface area contributed by atoms with Crippen LogP contribution in [0, 0.1) is 0 Å². The summed E-state index contributed by atoms with van der Waals surface area (Å²) in [7, 11) is 2.09. The third-order valence-electron chi connectivity index (χ3n) is 7.64. The summed E-state index contributed by atoms with van der Waals surface area (Å²) in [6, 6.07) is 32.3. The molecule has 0 spiro atoms. The molecular weight excluding hydrogens is 516 g/mol. The fourth-order valence-corrected chi connectivity index (χ4v) is 5.54. The standard InChI is InChI=1S/C34H32N2O5/c1-35(20-23-7-3-2-4-8-23)21-28-19-31(25-13-11-24(22-37)12-14-25)41-34(40-28)26-15-17-27(18-16-26)36-32(38)29-9-5-6-10-30(29)33(36)39/h2-18,28,31,34,37H,19-22H2,1H3/t28-,31+,34+/m1/s1. The first-order valence-corrected chi connectivity index (χ1v) is 13.8. The molecule has 208 valence electrons. The minimum atomic E-state index is -0.627. The highest BCUT2D eigenvalue weighted by atomic mass is 16.7. The summed E-state index contributed by atoms with van der Waals surface area (Å²) in [6.07, 6.45) is -0.243. The highest BCUT2D eigenvalue weighted by Crippen LogP contribution is 2.39. The van der Waals surface area contributed by atoms with E-state index in [1.54, 1.807) is 36.4 Å². The number of amides is 2. The average Bonchev–Trinajstić information content (AvgIpc) is 3.27. The largest absolute Gasteiger partial charge is 0.392 e. The summed E-state index contributed by atoms with van der Waals surface area (Å²) >= 11 is 0. The van der Waals surface area contributed by atoms with Crippen molar-refractivity contribution in [1.82, 2.24) is 4.90 Å². The summed E-state index contributed by atoms with van der Waals surface area (Å²) in [5.74, 6) is -0.646. The molecule has 2 heterocycles. The van der Waals surface area contributed by atoms with Gasteiger partial charge in [0, 0.05) is 25.1 Å². The zero-order chi connectivity index (χ0) is 28.3. The number of benzene rings is 4. The third kappa shape index (κ3) is 5.71. The lowest BCUT2D eigenvalue weighted by Crippen LogP contribution is -2.37. The van der Waals surface area contributed by atoms with Gasteiger partial charge in [0.25, 0.3) is 11.8 Å². The van der Waals surface area contributed by atoms with Crippen molar-refractivity contribution in [3.63, 3.8) is 0 Å². The summed E-state index contributed by atoms with van der Waals surface area (Å²) in [5, 5.41) is 9.47. The van der Waals surface area contributed by atoms with Gasteiger partial charge in [-0.2, -0.15) is 0 Å². The Morgan fingerprint density at radius 1 is 0.756 bits per heavy atom. The Bertz CT molecular complexity index is 1490. The maximum atomic E-state index is 13.0. The van der Waals surface area contributed by atoms with Crippen LogP contribution in [0.5, 0.6) is 0 Å². The molecule has 7 nitrogen and oxygen atoms in total. The minimum absolute atomic E-state index is 0.0100. The number of ether oxygens (including phenoxy) is 2. The number of aliphatic hydroxyl groups excluding tert-OH is 1. The smallest absolute Gasteiger partial charge is 0.266 e. The predicted molar refractivity (Wildman–Crippen MR) is 155 cm³/mol. The van der Waals surface area contributed by atoms with Crippen molar-refractivity contribution in [1.29, 1.82) is 0 Å². The van der Waals surface area contributed by atoms with E-state index in [1.165, 1.54) is 10.5 Å². The maximum Gasteiger partial charge on any atom is 0.266 e. The van der Waals surface area contributed by atoms with Gasteiger partial charge in [-0.1, -0.05) is 78.9 Å². The molecule has 7 heteroatoms. The molecule has 0 radical (unpaired) electrons. The number of hydrogen-bond donors (Lipinski definition) is 1. The number of nitrogens with zero attached hydrogens (tertiary/aromatic N) is 2. The summed E-state index contributed by atoms with van der Waals surface area (Å²) in [4.78, 5) is 29.4. The van der Waals surface area contributed by atoms with Gasteiger partial charge in [-0.05, 0) is 48.0 Å². The van der Waals surface area contributed by atoms with Gasteiger partial charge in [0.1, 0.15) is 0 Å². The molecule has 1 saturated heterocycles. The molecule has 3 atom stereocenters.